The second kappa shape index (κ2) is 13.4. The van der Waals surface area contributed by atoms with Crippen LogP contribution in [0, 0.1) is 5.92 Å². The van der Waals surface area contributed by atoms with Crippen molar-refractivity contribution < 1.29 is 18.0 Å². The van der Waals surface area contributed by atoms with Crippen molar-refractivity contribution in [1.82, 2.24) is 10.2 Å². The fourth-order valence-electron chi connectivity index (χ4n) is 4.00. The van der Waals surface area contributed by atoms with Gasteiger partial charge in [0, 0.05) is 24.5 Å². The van der Waals surface area contributed by atoms with Crippen LogP contribution in [-0.2, 0) is 32.6 Å². The first-order valence-corrected chi connectivity index (χ1v) is 14.7. The first kappa shape index (κ1) is 29.2. The molecule has 1 N–H and O–H groups in total. The molecule has 3 aromatic carbocycles. The SMILES string of the molecule is CC(C)CNC(=O)C(Cc1ccccc1)N(Cc1ccccc1)C(=O)CN(c1cccc(Cl)c1)S(C)(=O)=O. The zero-order valence-electron chi connectivity index (χ0n) is 21.9. The second-order valence-electron chi connectivity index (χ2n) is 9.60. The molecule has 0 aliphatic carbocycles. The Balaban J connectivity index is 2.02. The van der Waals surface area contributed by atoms with Crippen molar-refractivity contribution in [3.8, 4) is 0 Å². The van der Waals surface area contributed by atoms with E-state index in [1.54, 1.807) is 18.2 Å². The Morgan fingerprint density at radius 3 is 2.05 bits per heavy atom. The van der Waals surface area contributed by atoms with Crippen molar-refractivity contribution in [2.24, 2.45) is 5.92 Å². The average molecular weight is 556 g/mol. The lowest BCUT2D eigenvalue weighted by Crippen LogP contribution is -2.53. The third-order valence-electron chi connectivity index (χ3n) is 5.93. The van der Waals surface area contributed by atoms with Gasteiger partial charge in [-0.2, -0.15) is 0 Å². The number of carbonyl (C=O) groups is 2. The number of anilines is 1. The topological polar surface area (TPSA) is 86.8 Å². The van der Waals surface area contributed by atoms with Gasteiger partial charge >= 0.3 is 0 Å². The third kappa shape index (κ3) is 8.60. The smallest absolute Gasteiger partial charge is 0.244 e. The number of amides is 2. The van der Waals surface area contributed by atoms with Gasteiger partial charge in [-0.25, -0.2) is 8.42 Å². The van der Waals surface area contributed by atoms with Gasteiger partial charge in [-0.05, 0) is 35.2 Å². The van der Waals surface area contributed by atoms with Crippen molar-refractivity contribution in [2.75, 3.05) is 23.7 Å². The number of hydrogen-bond acceptors (Lipinski definition) is 4. The molecule has 9 heteroatoms. The highest BCUT2D eigenvalue weighted by molar-refractivity contribution is 7.92. The van der Waals surface area contributed by atoms with E-state index in [4.69, 9.17) is 11.6 Å². The van der Waals surface area contributed by atoms with Crippen molar-refractivity contribution in [1.29, 1.82) is 0 Å². The lowest BCUT2D eigenvalue weighted by atomic mass is 10.0. The molecule has 7 nitrogen and oxygen atoms in total. The van der Waals surface area contributed by atoms with E-state index in [0.29, 0.717) is 11.6 Å². The van der Waals surface area contributed by atoms with Gasteiger partial charge in [-0.3, -0.25) is 13.9 Å². The van der Waals surface area contributed by atoms with Gasteiger partial charge in [0.2, 0.25) is 21.8 Å². The Bertz CT molecular complexity index is 1320. The van der Waals surface area contributed by atoms with E-state index in [2.05, 4.69) is 5.32 Å². The van der Waals surface area contributed by atoms with Crippen molar-refractivity contribution in [2.45, 2.75) is 32.9 Å². The Morgan fingerprint density at radius 2 is 1.50 bits per heavy atom. The van der Waals surface area contributed by atoms with Gasteiger partial charge in [0.05, 0.1) is 11.9 Å². The predicted molar refractivity (Wildman–Crippen MR) is 152 cm³/mol. The van der Waals surface area contributed by atoms with Crippen LogP contribution in [0.4, 0.5) is 5.69 Å². The van der Waals surface area contributed by atoms with E-state index in [1.165, 1.54) is 11.0 Å². The molecular weight excluding hydrogens is 522 g/mol. The van der Waals surface area contributed by atoms with Gasteiger partial charge in [0.15, 0.2) is 0 Å². The summed E-state index contributed by atoms with van der Waals surface area (Å²) in [6, 6.07) is 24.3. The summed E-state index contributed by atoms with van der Waals surface area (Å²) in [4.78, 5) is 28.9. The summed E-state index contributed by atoms with van der Waals surface area (Å²) in [5.74, 6) is -0.571. The van der Waals surface area contributed by atoms with Crippen LogP contribution in [0.25, 0.3) is 0 Å². The zero-order chi connectivity index (χ0) is 27.7. The number of hydrogen-bond donors (Lipinski definition) is 1. The third-order valence-corrected chi connectivity index (χ3v) is 7.30. The average Bonchev–Trinajstić information content (AvgIpc) is 2.88. The van der Waals surface area contributed by atoms with Gasteiger partial charge in [-0.1, -0.05) is 92.2 Å². The molecule has 0 spiro atoms. The van der Waals surface area contributed by atoms with Crippen LogP contribution in [0.15, 0.2) is 84.9 Å². The fourth-order valence-corrected chi connectivity index (χ4v) is 5.03. The maximum atomic E-state index is 13.9. The standard InChI is InChI=1S/C29H34ClN3O4S/c1-22(2)19-31-29(35)27(17-23-11-6-4-7-12-23)32(20-24-13-8-5-9-14-24)28(34)21-33(38(3,36)37)26-16-10-15-25(30)18-26/h4-16,18,22,27H,17,19-21H2,1-3H3,(H,31,35). The number of carbonyl (C=O) groups excluding carboxylic acids is 2. The number of sulfonamides is 1. The molecule has 1 atom stereocenters. The summed E-state index contributed by atoms with van der Waals surface area (Å²) in [5, 5.41) is 3.31. The molecule has 0 fully saturated rings. The monoisotopic (exact) mass is 555 g/mol. The lowest BCUT2D eigenvalue weighted by molar-refractivity contribution is -0.140. The molecule has 3 aromatic rings. The normalized spacial score (nSPS) is 12.1. The molecule has 1 unspecified atom stereocenters. The first-order valence-electron chi connectivity index (χ1n) is 12.4. The van der Waals surface area contributed by atoms with Crippen LogP contribution >= 0.6 is 11.6 Å². The summed E-state index contributed by atoms with van der Waals surface area (Å²) in [6.07, 6.45) is 1.32. The molecular formula is C29H34ClN3O4S. The minimum atomic E-state index is -3.84. The molecule has 0 heterocycles. The Hall–Kier alpha value is -3.36. The van der Waals surface area contributed by atoms with Crippen LogP contribution in [0.3, 0.4) is 0 Å². The predicted octanol–water partition coefficient (Wildman–Crippen LogP) is 4.52. The number of nitrogens with one attached hydrogen (secondary N) is 1. The Kier molecular flexibility index (Phi) is 10.3. The highest BCUT2D eigenvalue weighted by atomic mass is 35.5. The summed E-state index contributed by atoms with van der Waals surface area (Å²) < 4.78 is 26.5. The molecule has 202 valence electrons. The zero-order valence-corrected chi connectivity index (χ0v) is 23.5. The number of halogens is 1. The molecule has 38 heavy (non-hydrogen) atoms. The molecule has 3 rings (SSSR count). The Labute approximate surface area is 230 Å². The maximum Gasteiger partial charge on any atom is 0.244 e. The number of benzene rings is 3. The molecule has 0 aliphatic heterocycles. The quantitative estimate of drug-likeness (QED) is 0.356. The van der Waals surface area contributed by atoms with E-state index in [-0.39, 0.29) is 30.5 Å². The van der Waals surface area contributed by atoms with Crippen LogP contribution in [0.2, 0.25) is 5.02 Å². The van der Waals surface area contributed by atoms with Crippen molar-refractivity contribution in [3.63, 3.8) is 0 Å². The van der Waals surface area contributed by atoms with Gasteiger partial charge < -0.3 is 10.2 Å². The van der Waals surface area contributed by atoms with Crippen LogP contribution in [0.1, 0.15) is 25.0 Å². The number of nitrogens with zero attached hydrogens (tertiary/aromatic N) is 2. The van der Waals surface area contributed by atoms with Crippen LogP contribution < -0.4 is 9.62 Å². The van der Waals surface area contributed by atoms with E-state index in [9.17, 15) is 18.0 Å². The molecule has 0 aliphatic rings. The first-order chi connectivity index (χ1) is 18.0. The van der Waals surface area contributed by atoms with Crippen molar-refractivity contribution >= 4 is 39.1 Å². The molecule has 0 aromatic heterocycles. The van der Waals surface area contributed by atoms with E-state index in [1.807, 2.05) is 74.5 Å². The lowest BCUT2D eigenvalue weighted by Gasteiger charge is -2.33. The minimum Gasteiger partial charge on any atom is -0.354 e. The van der Waals surface area contributed by atoms with E-state index < -0.39 is 28.5 Å². The maximum absolute atomic E-state index is 13.9. The summed E-state index contributed by atoms with van der Waals surface area (Å²) in [6.45, 7) is 4.10. The molecule has 0 saturated carbocycles. The molecule has 0 bridgehead atoms. The van der Waals surface area contributed by atoms with Gasteiger partial charge in [0.1, 0.15) is 12.6 Å². The van der Waals surface area contributed by atoms with E-state index >= 15 is 0 Å². The second-order valence-corrected chi connectivity index (χ2v) is 11.9. The molecule has 2 amide bonds. The Morgan fingerprint density at radius 1 is 0.895 bits per heavy atom. The van der Waals surface area contributed by atoms with Gasteiger partial charge in [0.25, 0.3) is 0 Å². The molecule has 0 saturated heterocycles. The number of rotatable bonds is 12. The highest BCUT2D eigenvalue weighted by Crippen LogP contribution is 2.23. The fraction of sp³-hybridized carbons (Fsp3) is 0.310. The highest BCUT2D eigenvalue weighted by Gasteiger charge is 2.33. The van der Waals surface area contributed by atoms with Crippen LogP contribution in [-0.4, -0.2) is 50.5 Å². The largest absolute Gasteiger partial charge is 0.354 e. The summed E-state index contributed by atoms with van der Waals surface area (Å²) in [7, 11) is -3.84. The van der Waals surface area contributed by atoms with Gasteiger partial charge in [-0.15, -0.1) is 0 Å². The minimum absolute atomic E-state index is 0.138. The summed E-state index contributed by atoms with van der Waals surface area (Å²) >= 11 is 6.12. The molecule has 0 radical (unpaired) electrons. The van der Waals surface area contributed by atoms with Crippen molar-refractivity contribution in [3.05, 3.63) is 101 Å². The van der Waals surface area contributed by atoms with E-state index in [0.717, 1.165) is 21.7 Å². The van der Waals surface area contributed by atoms with Crippen LogP contribution in [0.5, 0.6) is 0 Å². The summed E-state index contributed by atoms with van der Waals surface area (Å²) in [5.41, 5.74) is 1.99.